The van der Waals surface area contributed by atoms with Crippen molar-refractivity contribution in [2.45, 2.75) is 38.6 Å². The zero-order valence-electron chi connectivity index (χ0n) is 11.2. The summed E-state index contributed by atoms with van der Waals surface area (Å²) in [5, 5.41) is 3.71. The van der Waals surface area contributed by atoms with Gasteiger partial charge in [0.25, 0.3) is 0 Å². The maximum absolute atomic E-state index is 3.71. The average Bonchev–Trinajstić information content (AvgIpc) is 3.13. The molecule has 1 atom stereocenters. The van der Waals surface area contributed by atoms with Crippen LogP contribution in [0.4, 0.5) is 11.4 Å². The molecule has 1 aliphatic carbocycles. The number of nitrogens with one attached hydrogen (secondary N) is 1. The largest absolute Gasteiger partial charge is 0.382 e. The first-order valence-corrected chi connectivity index (χ1v) is 6.74. The molecule has 0 aliphatic heterocycles. The summed E-state index contributed by atoms with van der Waals surface area (Å²) in [6.07, 6.45) is 5.37. The van der Waals surface area contributed by atoms with E-state index in [1.807, 2.05) is 0 Å². The van der Waals surface area contributed by atoms with Gasteiger partial charge in [0, 0.05) is 31.5 Å². The number of rotatable bonds is 6. The molecule has 0 heterocycles. The number of anilines is 2. The molecule has 0 radical (unpaired) electrons. The van der Waals surface area contributed by atoms with E-state index < -0.39 is 0 Å². The first-order chi connectivity index (χ1) is 8.20. The Balaban J connectivity index is 2.03. The van der Waals surface area contributed by atoms with E-state index in [9.17, 15) is 0 Å². The van der Waals surface area contributed by atoms with Gasteiger partial charge in [-0.1, -0.05) is 19.4 Å². The van der Waals surface area contributed by atoms with Crippen LogP contribution in [-0.2, 0) is 0 Å². The fourth-order valence-electron chi connectivity index (χ4n) is 2.32. The smallest absolute Gasteiger partial charge is 0.0381 e. The van der Waals surface area contributed by atoms with E-state index >= 15 is 0 Å². The second-order valence-electron chi connectivity index (χ2n) is 5.32. The number of hydrogen-bond acceptors (Lipinski definition) is 2. The van der Waals surface area contributed by atoms with Gasteiger partial charge in [-0.3, -0.25) is 0 Å². The third kappa shape index (κ3) is 3.39. The minimum atomic E-state index is 0.678. The monoisotopic (exact) mass is 232 g/mol. The molecule has 1 N–H and O–H groups in total. The van der Waals surface area contributed by atoms with Crippen LogP contribution in [0.2, 0.25) is 0 Å². The molecule has 1 aliphatic rings. The van der Waals surface area contributed by atoms with Crippen LogP contribution < -0.4 is 10.2 Å². The fourth-order valence-corrected chi connectivity index (χ4v) is 2.32. The van der Waals surface area contributed by atoms with Gasteiger partial charge in [0.1, 0.15) is 0 Å². The van der Waals surface area contributed by atoms with Crippen molar-refractivity contribution < 1.29 is 0 Å². The van der Waals surface area contributed by atoms with Crippen LogP contribution in [0.1, 0.15) is 32.6 Å². The van der Waals surface area contributed by atoms with Gasteiger partial charge in [-0.25, -0.2) is 0 Å². The van der Waals surface area contributed by atoms with Crippen LogP contribution in [0, 0.1) is 5.92 Å². The molecular formula is C15H24N2. The molecule has 1 aromatic carbocycles. The Morgan fingerprint density at radius 1 is 1.35 bits per heavy atom. The molecule has 94 valence electrons. The van der Waals surface area contributed by atoms with Crippen molar-refractivity contribution in [3.8, 4) is 0 Å². The zero-order valence-corrected chi connectivity index (χ0v) is 11.2. The lowest BCUT2D eigenvalue weighted by Crippen LogP contribution is -2.21. The second kappa shape index (κ2) is 5.44. The number of hydrogen-bond donors (Lipinski definition) is 1. The minimum Gasteiger partial charge on any atom is -0.382 e. The van der Waals surface area contributed by atoms with Crippen molar-refractivity contribution in [3.63, 3.8) is 0 Å². The van der Waals surface area contributed by atoms with E-state index in [0.717, 1.165) is 5.92 Å². The second-order valence-corrected chi connectivity index (χ2v) is 5.32. The highest BCUT2D eigenvalue weighted by molar-refractivity contribution is 5.57. The Bertz CT molecular complexity index is 356. The van der Waals surface area contributed by atoms with E-state index in [1.54, 1.807) is 0 Å². The standard InChI is InChI=1S/C15H24N2/c1-4-6-15(12-9-10-12)16-13-7-5-8-14(11-13)17(2)3/h5,7-8,11-12,15-16H,4,6,9-10H2,1-3H3. The number of benzene rings is 1. The van der Waals surface area contributed by atoms with Crippen LogP contribution >= 0.6 is 0 Å². The molecule has 0 spiro atoms. The molecule has 1 unspecified atom stereocenters. The van der Waals surface area contributed by atoms with Gasteiger partial charge >= 0.3 is 0 Å². The van der Waals surface area contributed by atoms with Gasteiger partial charge in [-0.2, -0.15) is 0 Å². The molecule has 0 aromatic heterocycles. The quantitative estimate of drug-likeness (QED) is 0.803. The zero-order chi connectivity index (χ0) is 12.3. The summed E-state index contributed by atoms with van der Waals surface area (Å²) in [7, 11) is 4.17. The lowest BCUT2D eigenvalue weighted by Gasteiger charge is -2.20. The SMILES string of the molecule is CCCC(Nc1cccc(N(C)C)c1)C1CC1. The molecule has 0 amide bonds. The van der Waals surface area contributed by atoms with E-state index in [2.05, 4.69) is 55.5 Å². The Morgan fingerprint density at radius 3 is 2.71 bits per heavy atom. The summed E-state index contributed by atoms with van der Waals surface area (Å²) in [4.78, 5) is 2.15. The summed E-state index contributed by atoms with van der Waals surface area (Å²) in [6, 6.07) is 9.38. The minimum absolute atomic E-state index is 0.678. The third-order valence-electron chi connectivity index (χ3n) is 3.51. The van der Waals surface area contributed by atoms with Crippen molar-refractivity contribution >= 4 is 11.4 Å². The Morgan fingerprint density at radius 2 is 2.12 bits per heavy atom. The normalized spacial score (nSPS) is 16.6. The van der Waals surface area contributed by atoms with Crippen molar-refractivity contribution in [1.29, 1.82) is 0 Å². The Hall–Kier alpha value is -1.18. The van der Waals surface area contributed by atoms with E-state index in [0.29, 0.717) is 6.04 Å². The lowest BCUT2D eigenvalue weighted by atomic mass is 10.1. The molecule has 0 saturated heterocycles. The molecule has 1 fully saturated rings. The Labute approximate surface area is 105 Å². The van der Waals surface area contributed by atoms with Crippen molar-refractivity contribution in [2.75, 3.05) is 24.3 Å². The summed E-state index contributed by atoms with van der Waals surface area (Å²) in [5.41, 5.74) is 2.53. The molecule has 2 heteroatoms. The van der Waals surface area contributed by atoms with E-state index in [4.69, 9.17) is 0 Å². The van der Waals surface area contributed by atoms with Crippen molar-refractivity contribution in [3.05, 3.63) is 24.3 Å². The van der Waals surface area contributed by atoms with Crippen LogP contribution in [0.5, 0.6) is 0 Å². The predicted octanol–water partition coefficient (Wildman–Crippen LogP) is 3.74. The first kappa shape index (κ1) is 12.3. The van der Waals surface area contributed by atoms with Gasteiger partial charge in [-0.05, 0) is 43.4 Å². The van der Waals surface area contributed by atoms with Crippen LogP contribution in [0.15, 0.2) is 24.3 Å². The lowest BCUT2D eigenvalue weighted by molar-refractivity contribution is 0.578. The molecule has 0 bridgehead atoms. The molecule has 2 rings (SSSR count). The third-order valence-corrected chi connectivity index (χ3v) is 3.51. The molecule has 2 nitrogen and oxygen atoms in total. The molecule has 1 aromatic rings. The van der Waals surface area contributed by atoms with Gasteiger partial charge in [0.05, 0.1) is 0 Å². The summed E-state index contributed by atoms with van der Waals surface area (Å²) in [6.45, 7) is 2.27. The summed E-state index contributed by atoms with van der Waals surface area (Å²) < 4.78 is 0. The van der Waals surface area contributed by atoms with E-state index in [1.165, 1.54) is 37.1 Å². The average molecular weight is 232 g/mol. The van der Waals surface area contributed by atoms with Crippen molar-refractivity contribution in [2.24, 2.45) is 5.92 Å². The maximum atomic E-state index is 3.71. The molecular weight excluding hydrogens is 208 g/mol. The van der Waals surface area contributed by atoms with Crippen LogP contribution in [-0.4, -0.2) is 20.1 Å². The molecule has 17 heavy (non-hydrogen) atoms. The topological polar surface area (TPSA) is 15.3 Å². The highest BCUT2D eigenvalue weighted by atomic mass is 15.1. The van der Waals surface area contributed by atoms with E-state index in [-0.39, 0.29) is 0 Å². The van der Waals surface area contributed by atoms with Crippen LogP contribution in [0.25, 0.3) is 0 Å². The summed E-state index contributed by atoms with van der Waals surface area (Å²) in [5.74, 6) is 0.915. The van der Waals surface area contributed by atoms with Gasteiger partial charge in [-0.15, -0.1) is 0 Å². The first-order valence-electron chi connectivity index (χ1n) is 6.74. The molecule has 1 saturated carbocycles. The highest BCUT2D eigenvalue weighted by Crippen LogP contribution is 2.36. The predicted molar refractivity (Wildman–Crippen MR) is 75.8 cm³/mol. The van der Waals surface area contributed by atoms with Crippen molar-refractivity contribution in [1.82, 2.24) is 0 Å². The van der Waals surface area contributed by atoms with Gasteiger partial charge < -0.3 is 10.2 Å². The summed E-state index contributed by atoms with van der Waals surface area (Å²) >= 11 is 0. The van der Waals surface area contributed by atoms with Gasteiger partial charge in [0.15, 0.2) is 0 Å². The van der Waals surface area contributed by atoms with Gasteiger partial charge in [0.2, 0.25) is 0 Å². The van der Waals surface area contributed by atoms with Crippen LogP contribution in [0.3, 0.4) is 0 Å². The number of nitrogens with zero attached hydrogens (tertiary/aromatic N) is 1. The maximum Gasteiger partial charge on any atom is 0.0381 e. The highest BCUT2D eigenvalue weighted by Gasteiger charge is 2.30. The Kier molecular flexibility index (Phi) is 3.93. The fraction of sp³-hybridized carbons (Fsp3) is 0.600.